The van der Waals surface area contributed by atoms with Gasteiger partial charge in [-0.15, -0.1) is 10.2 Å². The fraction of sp³-hybridized carbons (Fsp3) is 0.182. The Bertz CT molecular complexity index is 1120. The normalized spacial score (nSPS) is 11.9. The number of benzene rings is 2. The maximum absolute atomic E-state index is 13.0. The molecule has 1 N–H and O–H groups in total. The molecule has 1 amide bonds. The highest BCUT2D eigenvalue weighted by Gasteiger charge is 2.19. The Labute approximate surface area is 179 Å². The fourth-order valence-corrected chi connectivity index (χ4v) is 3.50. The first kappa shape index (κ1) is 19.8. The van der Waals surface area contributed by atoms with Crippen LogP contribution in [0.5, 0.6) is 0 Å². The van der Waals surface area contributed by atoms with Gasteiger partial charge in [-0.2, -0.15) is 4.80 Å². The van der Waals surface area contributed by atoms with Crippen LogP contribution in [-0.2, 0) is 18.4 Å². The van der Waals surface area contributed by atoms with Gasteiger partial charge in [-0.1, -0.05) is 35.9 Å². The lowest BCUT2D eigenvalue weighted by atomic mass is 9.95. The number of hydrogen-bond acceptors (Lipinski definition) is 4. The van der Waals surface area contributed by atoms with E-state index in [1.165, 1.54) is 4.80 Å². The SMILES string of the molecule is Cn1nnc(-c2ccccc2NC(=O)CC(Cn2cccc2)c2ccc(Cl)cc2)n1. The van der Waals surface area contributed by atoms with Gasteiger partial charge in [0.2, 0.25) is 11.7 Å². The van der Waals surface area contributed by atoms with Crippen LogP contribution in [0.25, 0.3) is 11.4 Å². The second kappa shape index (κ2) is 8.92. The van der Waals surface area contributed by atoms with Crippen molar-refractivity contribution >= 4 is 23.2 Å². The minimum atomic E-state index is -0.0848. The van der Waals surface area contributed by atoms with E-state index in [0.717, 1.165) is 11.1 Å². The molecule has 8 heteroatoms. The van der Waals surface area contributed by atoms with E-state index in [0.29, 0.717) is 29.5 Å². The van der Waals surface area contributed by atoms with E-state index in [9.17, 15) is 4.79 Å². The van der Waals surface area contributed by atoms with Gasteiger partial charge in [-0.25, -0.2) is 0 Å². The number of hydrogen-bond donors (Lipinski definition) is 1. The van der Waals surface area contributed by atoms with Crippen molar-refractivity contribution in [3.05, 3.63) is 83.6 Å². The van der Waals surface area contributed by atoms with E-state index in [-0.39, 0.29) is 11.8 Å². The number of carbonyl (C=O) groups excluding carboxylic acids is 1. The largest absolute Gasteiger partial charge is 0.354 e. The molecule has 0 radical (unpaired) electrons. The topological polar surface area (TPSA) is 77.6 Å². The molecule has 1 atom stereocenters. The maximum atomic E-state index is 13.0. The lowest BCUT2D eigenvalue weighted by Gasteiger charge is -2.19. The first-order valence-electron chi connectivity index (χ1n) is 9.58. The van der Waals surface area contributed by atoms with Crippen LogP contribution in [0.15, 0.2) is 73.1 Å². The predicted molar refractivity (Wildman–Crippen MR) is 116 cm³/mol. The van der Waals surface area contributed by atoms with Gasteiger partial charge in [0.1, 0.15) is 0 Å². The molecule has 0 bridgehead atoms. The van der Waals surface area contributed by atoms with Crippen molar-refractivity contribution in [3.8, 4) is 11.4 Å². The molecular formula is C22H21ClN6O. The Morgan fingerprint density at radius 3 is 2.50 bits per heavy atom. The van der Waals surface area contributed by atoms with Crippen molar-refractivity contribution < 1.29 is 4.79 Å². The summed E-state index contributed by atoms with van der Waals surface area (Å²) in [7, 11) is 1.70. The van der Waals surface area contributed by atoms with E-state index in [1.54, 1.807) is 7.05 Å². The minimum Gasteiger partial charge on any atom is -0.354 e. The highest BCUT2D eigenvalue weighted by molar-refractivity contribution is 6.30. The van der Waals surface area contributed by atoms with E-state index in [1.807, 2.05) is 73.1 Å². The van der Waals surface area contributed by atoms with Crippen LogP contribution < -0.4 is 5.32 Å². The standard InChI is InChI=1S/C22H21ClN6O/c1-28-26-22(25-27-28)19-6-2-3-7-20(19)24-21(30)14-17(15-29-12-4-5-13-29)16-8-10-18(23)11-9-16/h2-13,17H,14-15H2,1H3,(H,24,30). The zero-order valence-corrected chi connectivity index (χ0v) is 17.2. The van der Waals surface area contributed by atoms with Gasteiger partial charge in [-0.3, -0.25) is 4.79 Å². The Morgan fingerprint density at radius 2 is 1.80 bits per heavy atom. The lowest BCUT2D eigenvalue weighted by Crippen LogP contribution is -2.19. The summed E-state index contributed by atoms with van der Waals surface area (Å²) in [5.74, 6) is 0.380. The van der Waals surface area contributed by atoms with Gasteiger partial charge in [-0.05, 0) is 47.2 Å². The van der Waals surface area contributed by atoms with Crippen molar-refractivity contribution in [2.24, 2.45) is 7.05 Å². The van der Waals surface area contributed by atoms with Crippen molar-refractivity contribution in [2.75, 3.05) is 5.32 Å². The van der Waals surface area contributed by atoms with Crippen LogP contribution in [0.2, 0.25) is 5.02 Å². The van der Waals surface area contributed by atoms with Crippen LogP contribution >= 0.6 is 11.6 Å². The summed E-state index contributed by atoms with van der Waals surface area (Å²) in [6, 6.07) is 19.1. The third kappa shape index (κ3) is 4.75. The van der Waals surface area contributed by atoms with Crippen LogP contribution in [0, 0.1) is 0 Å². The van der Waals surface area contributed by atoms with Gasteiger partial charge in [0, 0.05) is 41.9 Å². The van der Waals surface area contributed by atoms with Crippen molar-refractivity contribution in [3.63, 3.8) is 0 Å². The molecule has 0 saturated carbocycles. The molecule has 4 aromatic rings. The summed E-state index contributed by atoms with van der Waals surface area (Å²) in [6.45, 7) is 0.690. The Hall–Kier alpha value is -3.45. The van der Waals surface area contributed by atoms with Crippen molar-refractivity contribution in [1.29, 1.82) is 0 Å². The zero-order valence-electron chi connectivity index (χ0n) is 16.4. The molecule has 7 nitrogen and oxygen atoms in total. The fourth-order valence-electron chi connectivity index (χ4n) is 3.37. The van der Waals surface area contributed by atoms with Gasteiger partial charge in [0.05, 0.1) is 12.7 Å². The van der Waals surface area contributed by atoms with Crippen molar-refractivity contribution in [1.82, 2.24) is 24.8 Å². The number of amides is 1. The first-order valence-corrected chi connectivity index (χ1v) is 9.96. The molecule has 0 fully saturated rings. The van der Waals surface area contributed by atoms with Gasteiger partial charge >= 0.3 is 0 Å². The number of aryl methyl sites for hydroxylation is 1. The number of carbonyl (C=O) groups is 1. The molecule has 2 heterocycles. The van der Waals surface area contributed by atoms with Gasteiger partial charge < -0.3 is 9.88 Å². The van der Waals surface area contributed by atoms with Crippen LogP contribution in [0.4, 0.5) is 5.69 Å². The molecule has 4 rings (SSSR count). The molecule has 0 aliphatic heterocycles. The molecule has 0 spiro atoms. The van der Waals surface area contributed by atoms with Crippen LogP contribution in [0.3, 0.4) is 0 Å². The predicted octanol–water partition coefficient (Wildman–Crippen LogP) is 4.14. The van der Waals surface area contributed by atoms with Crippen molar-refractivity contribution in [2.45, 2.75) is 18.9 Å². The molecular weight excluding hydrogens is 400 g/mol. The average molecular weight is 421 g/mol. The molecule has 152 valence electrons. The third-order valence-corrected chi connectivity index (χ3v) is 5.07. The monoisotopic (exact) mass is 420 g/mol. The molecule has 30 heavy (non-hydrogen) atoms. The van der Waals surface area contributed by atoms with E-state index >= 15 is 0 Å². The molecule has 2 aromatic carbocycles. The average Bonchev–Trinajstić information content (AvgIpc) is 3.40. The summed E-state index contributed by atoms with van der Waals surface area (Å²) < 4.78 is 2.07. The number of aromatic nitrogens is 5. The highest BCUT2D eigenvalue weighted by Crippen LogP contribution is 2.27. The molecule has 0 saturated heterocycles. The Kier molecular flexibility index (Phi) is 5.90. The second-order valence-electron chi connectivity index (χ2n) is 7.03. The quantitative estimate of drug-likeness (QED) is 0.487. The summed E-state index contributed by atoms with van der Waals surface area (Å²) in [5, 5.41) is 15.9. The third-order valence-electron chi connectivity index (χ3n) is 4.82. The number of para-hydroxylation sites is 1. The summed E-state index contributed by atoms with van der Waals surface area (Å²) in [6.07, 6.45) is 4.31. The first-order chi connectivity index (χ1) is 14.6. The Balaban J connectivity index is 1.54. The minimum absolute atomic E-state index is 0.00327. The van der Waals surface area contributed by atoms with Gasteiger partial charge in [0.25, 0.3) is 0 Å². The van der Waals surface area contributed by atoms with E-state index in [4.69, 9.17) is 11.6 Å². The summed E-state index contributed by atoms with van der Waals surface area (Å²) >= 11 is 6.05. The lowest BCUT2D eigenvalue weighted by molar-refractivity contribution is -0.116. The van der Waals surface area contributed by atoms with E-state index in [2.05, 4.69) is 25.3 Å². The highest BCUT2D eigenvalue weighted by atomic mass is 35.5. The zero-order chi connectivity index (χ0) is 20.9. The van der Waals surface area contributed by atoms with Gasteiger partial charge in [0.15, 0.2) is 0 Å². The summed E-state index contributed by atoms with van der Waals surface area (Å²) in [4.78, 5) is 14.4. The maximum Gasteiger partial charge on any atom is 0.225 e. The number of anilines is 1. The molecule has 1 unspecified atom stereocenters. The number of nitrogens with zero attached hydrogens (tertiary/aromatic N) is 5. The number of rotatable bonds is 7. The van der Waals surface area contributed by atoms with E-state index < -0.39 is 0 Å². The summed E-state index contributed by atoms with van der Waals surface area (Å²) in [5.41, 5.74) is 2.45. The molecule has 0 aliphatic rings. The number of nitrogens with one attached hydrogen (secondary N) is 1. The Morgan fingerprint density at radius 1 is 1.07 bits per heavy atom. The molecule has 2 aromatic heterocycles. The smallest absolute Gasteiger partial charge is 0.225 e. The molecule has 0 aliphatic carbocycles. The second-order valence-corrected chi connectivity index (χ2v) is 7.47. The number of tetrazole rings is 1. The number of halogens is 1. The van der Waals surface area contributed by atoms with Crippen LogP contribution in [0.1, 0.15) is 17.9 Å². The van der Waals surface area contributed by atoms with Crippen LogP contribution in [-0.4, -0.2) is 30.7 Å².